The van der Waals surface area contributed by atoms with Crippen LogP contribution in [0.3, 0.4) is 0 Å². The maximum atomic E-state index is 13.3. The molecule has 3 aliphatic heterocycles. The van der Waals surface area contributed by atoms with Crippen LogP contribution in [-0.2, 0) is 57.1 Å². The number of carbonyl (C=O) groups is 4. The lowest BCUT2D eigenvalue weighted by Crippen LogP contribution is -2.66. The van der Waals surface area contributed by atoms with Crippen LogP contribution in [0.1, 0.15) is 99.8 Å². The monoisotopic (exact) mass is 813 g/mol. The van der Waals surface area contributed by atoms with Gasteiger partial charge in [0.2, 0.25) is 0 Å². The van der Waals surface area contributed by atoms with E-state index >= 15 is 0 Å². The quantitative estimate of drug-likeness (QED) is 0.146. The summed E-state index contributed by atoms with van der Waals surface area (Å²) in [5.74, 6) is -2.34. The van der Waals surface area contributed by atoms with E-state index in [4.69, 9.17) is 37.9 Å². The molecule has 0 spiro atoms. The smallest absolute Gasteiger partial charge is 0.309 e. The second-order valence-electron chi connectivity index (χ2n) is 16.1. The first-order chi connectivity index (χ1) is 26.8. The topological polar surface area (TPSA) is 206 Å². The molecule has 16 heteroatoms. The zero-order valence-corrected chi connectivity index (χ0v) is 35.2. The molecular formula is C41H67NO15. The predicted octanol–water partition coefficient (Wildman–Crippen LogP) is 3.68. The molecule has 2 saturated heterocycles. The number of carbonyl (C=O) groups excluding carboxylic acids is 4. The van der Waals surface area contributed by atoms with Crippen LogP contribution in [0.15, 0.2) is 24.0 Å². The lowest BCUT2D eigenvalue weighted by Gasteiger charge is -2.50. The summed E-state index contributed by atoms with van der Waals surface area (Å²) in [6, 6.07) is -0.756. The maximum absolute atomic E-state index is 13.3. The van der Waals surface area contributed by atoms with Gasteiger partial charge in [-0.25, -0.2) is 0 Å². The van der Waals surface area contributed by atoms with Crippen LogP contribution in [0.25, 0.3) is 0 Å². The molecule has 15 unspecified atom stereocenters. The number of likely N-dealkylation sites (N-methyl/N-ethyl adjacent to an activating group) is 1. The first-order valence-electron chi connectivity index (χ1n) is 20.1. The number of hydrogen-bond donors (Lipinski definition) is 3. The van der Waals surface area contributed by atoms with E-state index in [-0.39, 0.29) is 43.8 Å². The Morgan fingerprint density at radius 1 is 0.982 bits per heavy atom. The summed E-state index contributed by atoms with van der Waals surface area (Å²) in [5.41, 5.74) is -1.48. The zero-order chi connectivity index (χ0) is 42.6. The summed E-state index contributed by atoms with van der Waals surface area (Å²) in [6.45, 7) is 11.9. The molecule has 326 valence electrons. The van der Waals surface area contributed by atoms with Crippen molar-refractivity contribution in [2.24, 2.45) is 11.8 Å². The lowest BCUT2D eigenvalue weighted by molar-refractivity contribution is -0.344. The van der Waals surface area contributed by atoms with Crippen LogP contribution in [0.4, 0.5) is 0 Å². The molecule has 0 amide bonds. The maximum Gasteiger partial charge on any atom is 0.309 e. The van der Waals surface area contributed by atoms with Gasteiger partial charge in [-0.15, -0.1) is 0 Å². The van der Waals surface area contributed by atoms with Gasteiger partial charge in [-0.3, -0.25) is 14.4 Å². The molecule has 0 aromatic carbocycles. The molecule has 3 aliphatic rings. The molecule has 0 aliphatic carbocycles. The van der Waals surface area contributed by atoms with E-state index in [9.17, 15) is 34.5 Å². The van der Waals surface area contributed by atoms with Crippen LogP contribution in [-0.4, -0.2) is 145 Å². The number of nitrogens with zero attached hydrogens (tertiary/aromatic N) is 1. The summed E-state index contributed by atoms with van der Waals surface area (Å²) in [4.78, 5) is 52.3. The summed E-state index contributed by atoms with van der Waals surface area (Å²) < 4.78 is 48.6. The number of hydrogen-bond acceptors (Lipinski definition) is 16. The molecule has 15 atom stereocenters. The lowest BCUT2D eigenvalue weighted by atomic mass is 9.83. The Hall–Kier alpha value is -2.96. The van der Waals surface area contributed by atoms with Crippen molar-refractivity contribution < 1.29 is 72.4 Å². The van der Waals surface area contributed by atoms with E-state index in [0.29, 0.717) is 12.8 Å². The van der Waals surface area contributed by atoms with Crippen molar-refractivity contribution in [1.82, 2.24) is 4.90 Å². The summed E-state index contributed by atoms with van der Waals surface area (Å²) in [6.07, 6.45) is -4.28. The van der Waals surface area contributed by atoms with Crippen molar-refractivity contribution in [3.63, 3.8) is 0 Å². The average molecular weight is 814 g/mol. The average Bonchev–Trinajstić information content (AvgIpc) is 3.12. The fourth-order valence-electron chi connectivity index (χ4n) is 7.95. The van der Waals surface area contributed by atoms with Crippen LogP contribution in [0, 0.1) is 11.8 Å². The Balaban J connectivity index is 2.00. The molecule has 2 fully saturated rings. The number of aliphatic hydroxyl groups excluding tert-OH is 2. The molecule has 0 bridgehead atoms. The van der Waals surface area contributed by atoms with Crippen LogP contribution in [0.2, 0.25) is 0 Å². The third kappa shape index (κ3) is 13.8. The minimum atomic E-state index is -1.48. The largest absolute Gasteiger partial charge is 0.512 e. The minimum absolute atomic E-state index is 0.00103. The third-order valence-electron chi connectivity index (χ3n) is 10.8. The second-order valence-corrected chi connectivity index (χ2v) is 16.1. The molecule has 0 aromatic heterocycles. The molecule has 16 nitrogen and oxygen atoms in total. The number of cyclic esters (lactones) is 1. The molecule has 3 heterocycles. The highest BCUT2D eigenvalue weighted by Gasteiger charge is 2.53. The number of ether oxygens (including phenoxy) is 8. The van der Waals surface area contributed by atoms with E-state index in [1.165, 1.54) is 13.2 Å². The molecular weight excluding hydrogens is 746 g/mol. The van der Waals surface area contributed by atoms with Gasteiger partial charge in [0.15, 0.2) is 18.7 Å². The van der Waals surface area contributed by atoms with Gasteiger partial charge < -0.3 is 62.9 Å². The fourth-order valence-corrected chi connectivity index (χ4v) is 7.95. The van der Waals surface area contributed by atoms with E-state index in [1.54, 1.807) is 66.6 Å². The number of methoxy groups -OCH3 is 1. The van der Waals surface area contributed by atoms with Crippen LogP contribution >= 0.6 is 0 Å². The first-order valence-corrected chi connectivity index (χ1v) is 20.1. The van der Waals surface area contributed by atoms with Gasteiger partial charge in [-0.05, 0) is 72.5 Å². The molecule has 3 N–H and O–H groups in total. The molecule has 57 heavy (non-hydrogen) atoms. The van der Waals surface area contributed by atoms with Gasteiger partial charge >= 0.3 is 17.9 Å². The molecule has 3 rings (SSSR count). The van der Waals surface area contributed by atoms with Crippen molar-refractivity contribution in [1.29, 1.82) is 0 Å². The van der Waals surface area contributed by atoms with Crippen LogP contribution in [0.5, 0.6) is 0 Å². The minimum Gasteiger partial charge on any atom is -0.512 e. The Bertz CT molecular complexity index is 1370. The third-order valence-corrected chi connectivity index (χ3v) is 10.8. The van der Waals surface area contributed by atoms with E-state index in [1.807, 2.05) is 13.0 Å². The Labute approximate surface area is 337 Å². The normalized spacial score (nSPS) is 38.8. The van der Waals surface area contributed by atoms with Gasteiger partial charge in [-0.2, -0.15) is 0 Å². The van der Waals surface area contributed by atoms with Gasteiger partial charge in [0.25, 0.3) is 0 Å². The van der Waals surface area contributed by atoms with E-state index in [2.05, 4.69) is 0 Å². The van der Waals surface area contributed by atoms with E-state index < -0.39 is 109 Å². The number of rotatable bonds is 12. The molecule has 0 radical (unpaired) electrons. The molecule has 0 aromatic rings. The van der Waals surface area contributed by atoms with Crippen molar-refractivity contribution in [3.8, 4) is 0 Å². The zero-order valence-electron chi connectivity index (χ0n) is 35.2. The van der Waals surface area contributed by atoms with Gasteiger partial charge in [-0.1, -0.05) is 32.9 Å². The Morgan fingerprint density at radius 3 is 2.25 bits per heavy atom. The van der Waals surface area contributed by atoms with Crippen molar-refractivity contribution in [3.05, 3.63) is 24.0 Å². The summed E-state index contributed by atoms with van der Waals surface area (Å²) >= 11 is 0. The van der Waals surface area contributed by atoms with Gasteiger partial charge in [0.1, 0.15) is 42.4 Å². The standard InChI is InChI=1S/C41H67NO15/c1-11-30(45)54-29-21-32(47)51-24(4)20-28(44)16-14-13-15-23(3)19-27(17-18-43)37(38(29)50-10)57-40-35(48)34(42(8)9)36(25(5)53-40)56-33-22-41(7,49)39(26(6)52-33)55-31(46)12-2/h13-14,16,18,23-27,29,33-40,44,48-49H,11-12,15,17,19-22H2,1-10H3. The number of esters is 3. The number of aliphatic hydroxyl groups is 3. The highest BCUT2D eigenvalue weighted by Crippen LogP contribution is 2.37. The summed E-state index contributed by atoms with van der Waals surface area (Å²) in [5, 5.41) is 33.8. The fraction of sp³-hybridized carbons (Fsp3) is 0.805. The number of aldehydes is 1. The Morgan fingerprint density at radius 2 is 1.65 bits per heavy atom. The number of allylic oxidation sites excluding steroid dienone is 3. The molecule has 0 saturated carbocycles. The highest BCUT2D eigenvalue weighted by molar-refractivity contribution is 5.72. The predicted molar refractivity (Wildman–Crippen MR) is 205 cm³/mol. The Kier molecular flexibility index (Phi) is 19.0. The van der Waals surface area contributed by atoms with Gasteiger partial charge in [0.05, 0.1) is 36.5 Å². The van der Waals surface area contributed by atoms with E-state index in [0.717, 1.165) is 6.29 Å². The highest BCUT2D eigenvalue weighted by atomic mass is 16.7. The van der Waals surface area contributed by atoms with Gasteiger partial charge in [0, 0.05) is 39.2 Å². The van der Waals surface area contributed by atoms with Crippen molar-refractivity contribution in [2.75, 3.05) is 21.2 Å². The van der Waals surface area contributed by atoms with Crippen molar-refractivity contribution in [2.45, 2.75) is 179 Å². The second kappa shape index (κ2) is 22.4. The van der Waals surface area contributed by atoms with Crippen molar-refractivity contribution >= 4 is 24.2 Å². The summed E-state index contributed by atoms with van der Waals surface area (Å²) in [7, 11) is 4.90. The SMILES string of the molecule is CCC(=O)OC1CC(=O)OC(C)CC(O)=CC=CCC(C)CC(CC=O)C(OC2OC(C)C(OC3CC(C)(O)C(OC(=O)CC)C(C)O3)C(N(C)C)C2O)C1OC. The first kappa shape index (κ1) is 48.4. The van der Waals surface area contributed by atoms with Crippen LogP contribution < -0.4 is 0 Å².